The first-order valence-corrected chi connectivity index (χ1v) is 16.8. The van der Waals surface area contributed by atoms with Gasteiger partial charge in [-0.1, -0.05) is 103 Å². The van der Waals surface area contributed by atoms with Crippen molar-refractivity contribution < 1.29 is 24.2 Å². The van der Waals surface area contributed by atoms with Gasteiger partial charge in [-0.2, -0.15) is 0 Å². The van der Waals surface area contributed by atoms with Gasteiger partial charge < -0.3 is 19.9 Å². The highest BCUT2D eigenvalue weighted by atomic mass is 32.2. The molecule has 2 aromatic carbocycles. The van der Waals surface area contributed by atoms with Crippen molar-refractivity contribution in [2.75, 3.05) is 24.8 Å². The first kappa shape index (κ1) is 34.5. The Bertz CT molecular complexity index is 995. The molecule has 0 radical (unpaired) electrons. The van der Waals surface area contributed by atoms with Crippen LogP contribution in [0.2, 0.25) is 0 Å². The van der Waals surface area contributed by atoms with Gasteiger partial charge in [-0.3, -0.25) is 4.79 Å². The largest absolute Gasteiger partial charge is 0.494 e. The third-order valence-corrected chi connectivity index (χ3v) is 7.97. The molecular formula is C34H51NO5S. The van der Waals surface area contributed by atoms with E-state index in [4.69, 9.17) is 9.47 Å². The zero-order valence-corrected chi connectivity index (χ0v) is 26.1. The minimum atomic E-state index is -1.03. The predicted octanol–water partition coefficient (Wildman–Crippen LogP) is 9.76. The average molecular weight is 586 g/mol. The van der Waals surface area contributed by atoms with Gasteiger partial charge in [0.05, 0.1) is 12.2 Å². The maximum Gasteiger partial charge on any atom is 0.336 e. The molecule has 0 saturated carbocycles. The molecule has 0 aromatic heterocycles. The van der Waals surface area contributed by atoms with Crippen LogP contribution in [0, 0.1) is 0 Å². The van der Waals surface area contributed by atoms with Crippen molar-refractivity contribution >= 4 is 29.3 Å². The Hall–Kier alpha value is -2.67. The standard InChI is InChI=1S/C34H51NO5S/c1-3-4-5-6-7-8-9-10-11-12-13-14-15-16-17-18-25-39-29-20-22-30(23-21-29)40-27-33(36)35-28-19-24-32(41-2)31(26-28)34(37)38/h19-24,26H,3-18,25,27H2,1-2H3,(H,35,36)(H,37,38). The number of unbranched alkanes of at least 4 members (excludes halogenated alkanes) is 15. The minimum absolute atomic E-state index is 0.159. The molecule has 41 heavy (non-hydrogen) atoms. The van der Waals surface area contributed by atoms with Crippen molar-refractivity contribution in [2.45, 2.75) is 115 Å². The monoisotopic (exact) mass is 585 g/mol. The van der Waals surface area contributed by atoms with Crippen molar-refractivity contribution in [3.05, 3.63) is 48.0 Å². The summed E-state index contributed by atoms with van der Waals surface area (Å²) in [5.41, 5.74) is 0.582. The molecular weight excluding hydrogens is 534 g/mol. The molecule has 2 rings (SSSR count). The van der Waals surface area contributed by atoms with Crippen molar-refractivity contribution in [3.8, 4) is 11.5 Å². The molecule has 0 unspecified atom stereocenters. The summed E-state index contributed by atoms with van der Waals surface area (Å²) in [6, 6.07) is 12.1. The maximum atomic E-state index is 12.3. The number of amides is 1. The number of hydrogen-bond acceptors (Lipinski definition) is 5. The Morgan fingerprint density at radius 1 is 0.707 bits per heavy atom. The lowest BCUT2D eigenvalue weighted by molar-refractivity contribution is -0.118. The number of hydrogen-bond donors (Lipinski definition) is 2. The van der Waals surface area contributed by atoms with Gasteiger partial charge >= 0.3 is 5.97 Å². The summed E-state index contributed by atoms with van der Waals surface area (Å²) in [6.07, 6.45) is 23.5. The van der Waals surface area contributed by atoms with Gasteiger partial charge in [0.2, 0.25) is 0 Å². The number of nitrogens with one attached hydrogen (secondary N) is 1. The molecule has 2 aromatic rings. The van der Waals surface area contributed by atoms with E-state index in [0.29, 0.717) is 22.9 Å². The zero-order valence-electron chi connectivity index (χ0n) is 25.3. The Kier molecular flexibility index (Phi) is 18.5. The Labute approximate surface area is 252 Å². The summed E-state index contributed by atoms with van der Waals surface area (Å²) in [5.74, 6) is -0.0300. The molecule has 1 amide bonds. The third-order valence-electron chi connectivity index (χ3n) is 7.17. The summed E-state index contributed by atoms with van der Waals surface area (Å²) in [7, 11) is 0. The van der Waals surface area contributed by atoms with Gasteiger partial charge in [-0.15, -0.1) is 11.8 Å². The van der Waals surface area contributed by atoms with E-state index in [2.05, 4.69) is 12.2 Å². The fraction of sp³-hybridized carbons (Fsp3) is 0.588. The second-order valence-corrected chi connectivity index (χ2v) is 11.5. The molecule has 0 atom stereocenters. The molecule has 0 spiro atoms. The third kappa shape index (κ3) is 15.8. The fourth-order valence-corrected chi connectivity index (χ4v) is 5.34. The summed E-state index contributed by atoms with van der Waals surface area (Å²) in [4.78, 5) is 24.3. The average Bonchev–Trinajstić information content (AvgIpc) is 2.98. The highest BCUT2D eigenvalue weighted by Crippen LogP contribution is 2.24. The van der Waals surface area contributed by atoms with Gasteiger partial charge in [0.15, 0.2) is 6.61 Å². The van der Waals surface area contributed by atoms with Gasteiger partial charge in [-0.25, -0.2) is 4.79 Å². The van der Waals surface area contributed by atoms with E-state index in [-0.39, 0.29) is 18.1 Å². The second-order valence-electron chi connectivity index (χ2n) is 10.7. The maximum absolute atomic E-state index is 12.3. The van der Waals surface area contributed by atoms with Crippen LogP contribution in [0.3, 0.4) is 0 Å². The van der Waals surface area contributed by atoms with E-state index >= 15 is 0 Å². The second kappa shape index (κ2) is 22.0. The molecule has 0 aliphatic carbocycles. The Balaban J connectivity index is 1.47. The fourth-order valence-electron chi connectivity index (χ4n) is 4.77. The number of rotatable bonds is 24. The predicted molar refractivity (Wildman–Crippen MR) is 171 cm³/mol. The number of benzene rings is 2. The number of carbonyl (C=O) groups excluding carboxylic acids is 1. The molecule has 0 bridgehead atoms. The lowest BCUT2D eigenvalue weighted by Gasteiger charge is -2.10. The first-order chi connectivity index (χ1) is 20.0. The smallest absolute Gasteiger partial charge is 0.336 e. The summed E-state index contributed by atoms with van der Waals surface area (Å²) in [5, 5.41) is 12.0. The van der Waals surface area contributed by atoms with Crippen LogP contribution in [0.1, 0.15) is 120 Å². The van der Waals surface area contributed by atoms with Crippen LogP contribution in [-0.2, 0) is 4.79 Å². The Morgan fingerprint density at radius 3 is 1.68 bits per heavy atom. The zero-order chi connectivity index (χ0) is 29.5. The lowest BCUT2D eigenvalue weighted by atomic mass is 10.0. The Morgan fingerprint density at radius 2 is 1.20 bits per heavy atom. The molecule has 0 heterocycles. The van der Waals surface area contributed by atoms with Gasteiger partial charge in [0.1, 0.15) is 11.5 Å². The lowest BCUT2D eigenvalue weighted by Crippen LogP contribution is -2.20. The van der Waals surface area contributed by atoms with E-state index < -0.39 is 5.97 Å². The van der Waals surface area contributed by atoms with E-state index in [1.165, 1.54) is 114 Å². The van der Waals surface area contributed by atoms with Crippen molar-refractivity contribution in [1.82, 2.24) is 0 Å². The number of ether oxygens (including phenoxy) is 2. The molecule has 0 saturated heterocycles. The molecule has 7 heteroatoms. The van der Waals surface area contributed by atoms with E-state index in [9.17, 15) is 14.7 Å². The minimum Gasteiger partial charge on any atom is -0.494 e. The topological polar surface area (TPSA) is 84.9 Å². The summed E-state index contributed by atoms with van der Waals surface area (Å²) >= 11 is 1.35. The number of thioether (sulfide) groups is 1. The van der Waals surface area contributed by atoms with E-state index in [1.54, 1.807) is 24.3 Å². The van der Waals surface area contributed by atoms with Crippen LogP contribution >= 0.6 is 11.8 Å². The van der Waals surface area contributed by atoms with Gasteiger partial charge in [0, 0.05) is 10.6 Å². The van der Waals surface area contributed by atoms with Gasteiger partial charge in [-0.05, 0) is 55.1 Å². The summed E-state index contributed by atoms with van der Waals surface area (Å²) in [6.45, 7) is 2.81. The molecule has 228 valence electrons. The number of carboxylic acids is 1. The van der Waals surface area contributed by atoms with Crippen LogP contribution in [0.5, 0.6) is 11.5 Å². The van der Waals surface area contributed by atoms with Crippen LogP contribution < -0.4 is 14.8 Å². The van der Waals surface area contributed by atoms with Crippen LogP contribution in [0.15, 0.2) is 47.4 Å². The number of carboxylic acid groups (broad SMARTS) is 1. The number of aromatic carboxylic acids is 1. The molecule has 0 aliphatic rings. The SMILES string of the molecule is CCCCCCCCCCCCCCCCCCOc1ccc(OCC(=O)Nc2ccc(SC)c(C(=O)O)c2)cc1. The van der Waals surface area contributed by atoms with Crippen LogP contribution in [0.4, 0.5) is 5.69 Å². The van der Waals surface area contributed by atoms with Crippen molar-refractivity contribution in [3.63, 3.8) is 0 Å². The molecule has 6 nitrogen and oxygen atoms in total. The first-order valence-electron chi connectivity index (χ1n) is 15.6. The van der Waals surface area contributed by atoms with E-state index in [1.807, 2.05) is 18.4 Å². The van der Waals surface area contributed by atoms with Crippen molar-refractivity contribution in [1.29, 1.82) is 0 Å². The van der Waals surface area contributed by atoms with Gasteiger partial charge in [0.25, 0.3) is 5.91 Å². The van der Waals surface area contributed by atoms with E-state index in [0.717, 1.165) is 12.2 Å². The molecule has 0 aliphatic heterocycles. The highest BCUT2D eigenvalue weighted by molar-refractivity contribution is 7.98. The molecule has 0 fully saturated rings. The normalized spacial score (nSPS) is 10.9. The van der Waals surface area contributed by atoms with Crippen LogP contribution in [-0.4, -0.2) is 36.5 Å². The summed E-state index contributed by atoms with van der Waals surface area (Å²) < 4.78 is 11.4. The number of anilines is 1. The van der Waals surface area contributed by atoms with Crippen LogP contribution in [0.25, 0.3) is 0 Å². The van der Waals surface area contributed by atoms with Crippen molar-refractivity contribution in [2.24, 2.45) is 0 Å². The quantitative estimate of drug-likeness (QED) is 0.0942. The molecule has 2 N–H and O–H groups in total. The highest BCUT2D eigenvalue weighted by Gasteiger charge is 2.12. The number of carbonyl (C=O) groups is 2.